The van der Waals surface area contributed by atoms with Crippen molar-refractivity contribution in [2.75, 3.05) is 24.5 Å². The highest BCUT2D eigenvalue weighted by Gasteiger charge is 2.43. The topological polar surface area (TPSA) is 15.3 Å². The van der Waals surface area contributed by atoms with Crippen molar-refractivity contribution >= 4 is 5.69 Å². The molecular formula is C15H20F2N2. The van der Waals surface area contributed by atoms with Gasteiger partial charge in [-0.1, -0.05) is 6.07 Å². The lowest BCUT2D eigenvalue weighted by atomic mass is 9.95. The van der Waals surface area contributed by atoms with Crippen LogP contribution in [0.25, 0.3) is 0 Å². The second-order valence-electron chi connectivity index (χ2n) is 5.97. The van der Waals surface area contributed by atoms with Gasteiger partial charge in [0.25, 0.3) is 0 Å². The number of rotatable bonds is 2. The maximum atomic E-state index is 14.0. The van der Waals surface area contributed by atoms with Gasteiger partial charge in [0, 0.05) is 18.6 Å². The third kappa shape index (κ3) is 2.46. The van der Waals surface area contributed by atoms with E-state index in [1.807, 2.05) is 4.90 Å². The summed E-state index contributed by atoms with van der Waals surface area (Å²) in [6.45, 7) is 4.67. The molecule has 3 rings (SSSR count). The molecule has 1 aliphatic carbocycles. The fourth-order valence-electron chi connectivity index (χ4n) is 3.11. The second-order valence-corrected chi connectivity index (χ2v) is 5.97. The first-order chi connectivity index (χ1) is 9.10. The van der Waals surface area contributed by atoms with Crippen LogP contribution >= 0.6 is 0 Å². The summed E-state index contributed by atoms with van der Waals surface area (Å²) < 4.78 is 27.3. The zero-order chi connectivity index (χ0) is 13.5. The summed E-state index contributed by atoms with van der Waals surface area (Å²) >= 11 is 0. The lowest BCUT2D eigenvalue weighted by Crippen LogP contribution is -2.51. The van der Waals surface area contributed by atoms with Crippen LogP contribution in [-0.4, -0.2) is 25.2 Å². The fourth-order valence-corrected chi connectivity index (χ4v) is 3.11. The largest absolute Gasteiger partial charge is 0.367 e. The van der Waals surface area contributed by atoms with Gasteiger partial charge in [-0.05, 0) is 50.8 Å². The number of hydrogen-bond donors (Lipinski definition) is 1. The van der Waals surface area contributed by atoms with Crippen LogP contribution in [0.2, 0.25) is 0 Å². The highest BCUT2D eigenvalue weighted by Crippen LogP contribution is 2.41. The van der Waals surface area contributed by atoms with Gasteiger partial charge in [0.1, 0.15) is 0 Å². The van der Waals surface area contributed by atoms with Gasteiger partial charge in [0.15, 0.2) is 11.6 Å². The van der Waals surface area contributed by atoms with Gasteiger partial charge in [-0.25, -0.2) is 8.78 Å². The normalized spacial score (nSPS) is 28.3. The third-order valence-corrected chi connectivity index (χ3v) is 4.40. The van der Waals surface area contributed by atoms with E-state index in [0.29, 0.717) is 11.6 Å². The number of benzene rings is 1. The SMILES string of the molecule is CC1(C2CC2)CN(c2cccc(F)c2F)CCCN1. The highest BCUT2D eigenvalue weighted by atomic mass is 19.2. The zero-order valence-corrected chi connectivity index (χ0v) is 11.3. The molecule has 1 saturated heterocycles. The van der Waals surface area contributed by atoms with Crippen LogP contribution in [0.4, 0.5) is 14.5 Å². The van der Waals surface area contributed by atoms with E-state index in [1.54, 1.807) is 12.1 Å². The van der Waals surface area contributed by atoms with Crippen molar-refractivity contribution in [2.24, 2.45) is 5.92 Å². The molecule has 2 aliphatic rings. The van der Waals surface area contributed by atoms with E-state index in [-0.39, 0.29) is 5.54 Å². The Morgan fingerprint density at radius 3 is 2.84 bits per heavy atom. The third-order valence-electron chi connectivity index (χ3n) is 4.40. The Bertz CT molecular complexity index is 473. The van der Waals surface area contributed by atoms with Crippen LogP contribution in [-0.2, 0) is 0 Å². The van der Waals surface area contributed by atoms with Gasteiger partial charge in [0.05, 0.1) is 5.69 Å². The molecule has 1 aromatic carbocycles. The van der Waals surface area contributed by atoms with Crippen LogP contribution in [0.1, 0.15) is 26.2 Å². The first-order valence-electron chi connectivity index (χ1n) is 7.04. The van der Waals surface area contributed by atoms with E-state index in [9.17, 15) is 8.78 Å². The van der Waals surface area contributed by atoms with Gasteiger partial charge >= 0.3 is 0 Å². The van der Waals surface area contributed by atoms with Gasteiger partial charge < -0.3 is 10.2 Å². The first kappa shape index (κ1) is 12.9. The van der Waals surface area contributed by atoms with Crippen molar-refractivity contribution in [2.45, 2.75) is 31.7 Å². The molecule has 104 valence electrons. The Morgan fingerprint density at radius 2 is 2.11 bits per heavy atom. The van der Waals surface area contributed by atoms with E-state index < -0.39 is 11.6 Å². The summed E-state index contributed by atoms with van der Waals surface area (Å²) in [7, 11) is 0. The van der Waals surface area contributed by atoms with Gasteiger partial charge in [-0.2, -0.15) is 0 Å². The Hall–Kier alpha value is -1.16. The summed E-state index contributed by atoms with van der Waals surface area (Å²) in [5, 5.41) is 3.60. The van der Waals surface area contributed by atoms with Gasteiger partial charge in [-0.15, -0.1) is 0 Å². The number of anilines is 1. The smallest absolute Gasteiger partial charge is 0.182 e. The van der Waals surface area contributed by atoms with Crippen LogP contribution in [0.15, 0.2) is 18.2 Å². The molecule has 1 aliphatic heterocycles. The zero-order valence-electron chi connectivity index (χ0n) is 11.3. The molecule has 1 unspecified atom stereocenters. The summed E-state index contributed by atoms with van der Waals surface area (Å²) in [6, 6.07) is 4.44. The van der Waals surface area contributed by atoms with Crippen molar-refractivity contribution in [3.8, 4) is 0 Å². The van der Waals surface area contributed by atoms with E-state index in [1.165, 1.54) is 18.9 Å². The van der Waals surface area contributed by atoms with Gasteiger partial charge in [-0.3, -0.25) is 0 Å². The van der Waals surface area contributed by atoms with E-state index in [2.05, 4.69) is 12.2 Å². The maximum Gasteiger partial charge on any atom is 0.182 e. The number of hydrogen-bond acceptors (Lipinski definition) is 2. The molecule has 2 nitrogen and oxygen atoms in total. The molecular weight excluding hydrogens is 246 g/mol. The molecule has 1 aromatic rings. The van der Waals surface area contributed by atoms with Crippen LogP contribution in [0, 0.1) is 17.6 Å². The van der Waals surface area contributed by atoms with Crippen LogP contribution in [0.5, 0.6) is 0 Å². The molecule has 19 heavy (non-hydrogen) atoms. The Morgan fingerprint density at radius 1 is 1.32 bits per heavy atom. The summed E-state index contributed by atoms with van der Waals surface area (Å²) in [5.41, 5.74) is 0.422. The Labute approximate surface area is 112 Å². The van der Waals surface area contributed by atoms with Crippen molar-refractivity contribution in [1.29, 1.82) is 0 Å². The minimum absolute atomic E-state index is 0.0231. The summed E-state index contributed by atoms with van der Waals surface area (Å²) in [5.74, 6) is -0.810. The number of nitrogens with one attached hydrogen (secondary N) is 1. The van der Waals surface area contributed by atoms with E-state index >= 15 is 0 Å². The standard InChI is InChI=1S/C15H20F2N2/c1-15(11-6-7-11)10-19(9-3-8-18-15)13-5-2-4-12(16)14(13)17/h2,4-5,11,18H,3,6-10H2,1H3. The first-order valence-corrected chi connectivity index (χ1v) is 7.04. The predicted octanol–water partition coefficient (Wildman–Crippen LogP) is 2.93. The molecule has 1 N–H and O–H groups in total. The molecule has 0 aromatic heterocycles. The number of halogens is 2. The lowest BCUT2D eigenvalue weighted by Gasteiger charge is -2.35. The molecule has 1 heterocycles. The second kappa shape index (κ2) is 4.75. The predicted molar refractivity (Wildman–Crippen MR) is 72.3 cm³/mol. The minimum atomic E-state index is -0.761. The molecule has 1 atom stereocenters. The van der Waals surface area contributed by atoms with E-state index in [0.717, 1.165) is 26.1 Å². The lowest BCUT2D eigenvalue weighted by molar-refractivity contribution is 0.331. The highest BCUT2D eigenvalue weighted by molar-refractivity contribution is 5.49. The summed E-state index contributed by atoms with van der Waals surface area (Å²) in [4.78, 5) is 2.00. The van der Waals surface area contributed by atoms with Crippen molar-refractivity contribution < 1.29 is 8.78 Å². The monoisotopic (exact) mass is 266 g/mol. The average molecular weight is 266 g/mol. The Kier molecular flexibility index (Phi) is 3.21. The van der Waals surface area contributed by atoms with Crippen molar-refractivity contribution in [3.63, 3.8) is 0 Å². The average Bonchev–Trinajstić information content (AvgIpc) is 3.20. The Balaban J connectivity index is 1.88. The summed E-state index contributed by atoms with van der Waals surface area (Å²) in [6.07, 6.45) is 3.43. The fraction of sp³-hybridized carbons (Fsp3) is 0.600. The van der Waals surface area contributed by atoms with Crippen molar-refractivity contribution in [1.82, 2.24) is 5.32 Å². The molecule has 2 fully saturated rings. The molecule has 0 amide bonds. The molecule has 0 spiro atoms. The van der Waals surface area contributed by atoms with Gasteiger partial charge in [0.2, 0.25) is 0 Å². The number of nitrogens with zero attached hydrogens (tertiary/aromatic N) is 1. The maximum absolute atomic E-state index is 14.0. The quantitative estimate of drug-likeness (QED) is 0.885. The molecule has 0 radical (unpaired) electrons. The van der Waals surface area contributed by atoms with Crippen LogP contribution in [0.3, 0.4) is 0 Å². The van der Waals surface area contributed by atoms with E-state index in [4.69, 9.17) is 0 Å². The van der Waals surface area contributed by atoms with Crippen molar-refractivity contribution in [3.05, 3.63) is 29.8 Å². The molecule has 0 bridgehead atoms. The molecule has 1 saturated carbocycles. The minimum Gasteiger partial charge on any atom is -0.367 e. The van der Waals surface area contributed by atoms with Crippen LogP contribution < -0.4 is 10.2 Å². The molecule has 4 heteroatoms.